The van der Waals surface area contributed by atoms with E-state index in [4.69, 9.17) is 0 Å². The lowest BCUT2D eigenvalue weighted by Gasteiger charge is -2.37. The SMILES string of the molecule is CCc1ccccc1S(=O)(=O)N1CCNC(C)C1C. The first-order valence-electron chi connectivity index (χ1n) is 6.81. The quantitative estimate of drug-likeness (QED) is 0.916. The van der Waals surface area contributed by atoms with Gasteiger partial charge in [0.15, 0.2) is 0 Å². The Labute approximate surface area is 115 Å². The van der Waals surface area contributed by atoms with Crippen LogP contribution >= 0.6 is 0 Å². The maximum atomic E-state index is 12.8. The summed E-state index contributed by atoms with van der Waals surface area (Å²) in [5, 5.41) is 3.31. The van der Waals surface area contributed by atoms with E-state index < -0.39 is 10.0 Å². The highest BCUT2D eigenvalue weighted by molar-refractivity contribution is 7.89. The van der Waals surface area contributed by atoms with Crippen molar-refractivity contribution < 1.29 is 8.42 Å². The van der Waals surface area contributed by atoms with Crippen LogP contribution in [0.25, 0.3) is 0 Å². The molecule has 1 N–H and O–H groups in total. The number of rotatable bonds is 3. The minimum Gasteiger partial charge on any atom is -0.311 e. The second kappa shape index (κ2) is 5.61. The Morgan fingerprint density at radius 2 is 2.00 bits per heavy atom. The molecule has 5 heteroatoms. The van der Waals surface area contributed by atoms with Gasteiger partial charge in [-0.25, -0.2) is 8.42 Å². The van der Waals surface area contributed by atoms with Gasteiger partial charge in [0.05, 0.1) is 4.90 Å². The summed E-state index contributed by atoms with van der Waals surface area (Å²) in [6.07, 6.45) is 0.728. The molecular formula is C14H22N2O2S. The van der Waals surface area contributed by atoms with Gasteiger partial charge in [-0.05, 0) is 31.9 Å². The van der Waals surface area contributed by atoms with E-state index in [-0.39, 0.29) is 12.1 Å². The van der Waals surface area contributed by atoms with Gasteiger partial charge in [0.2, 0.25) is 10.0 Å². The number of hydrogen-bond acceptors (Lipinski definition) is 3. The van der Waals surface area contributed by atoms with E-state index in [9.17, 15) is 8.42 Å². The summed E-state index contributed by atoms with van der Waals surface area (Å²) >= 11 is 0. The summed E-state index contributed by atoms with van der Waals surface area (Å²) in [7, 11) is -3.39. The molecule has 19 heavy (non-hydrogen) atoms. The summed E-state index contributed by atoms with van der Waals surface area (Å²) in [6.45, 7) is 7.21. The van der Waals surface area contributed by atoms with Crippen LogP contribution in [0, 0.1) is 0 Å². The van der Waals surface area contributed by atoms with Crippen molar-refractivity contribution >= 4 is 10.0 Å². The number of aryl methyl sites for hydroxylation is 1. The average molecular weight is 282 g/mol. The lowest BCUT2D eigenvalue weighted by molar-refractivity contribution is 0.232. The van der Waals surface area contributed by atoms with Crippen LogP contribution < -0.4 is 5.32 Å². The molecule has 4 nitrogen and oxygen atoms in total. The van der Waals surface area contributed by atoms with Crippen molar-refractivity contribution in [2.45, 2.75) is 44.2 Å². The second-order valence-corrected chi connectivity index (χ2v) is 6.92. The number of nitrogens with zero attached hydrogens (tertiary/aromatic N) is 1. The fourth-order valence-corrected chi connectivity index (χ4v) is 4.54. The smallest absolute Gasteiger partial charge is 0.243 e. The van der Waals surface area contributed by atoms with Crippen molar-refractivity contribution in [3.63, 3.8) is 0 Å². The standard InChI is InChI=1S/C14H22N2O2S/c1-4-13-7-5-6-8-14(13)19(17,18)16-10-9-15-11(2)12(16)3/h5-8,11-12,15H,4,9-10H2,1-3H3. The van der Waals surface area contributed by atoms with Crippen molar-refractivity contribution in [1.29, 1.82) is 0 Å². The van der Waals surface area contributed by atoms with Gasteiger partial charge in [-0.2, -0.15) is 4.31 Å². The molecule has 1 aromatic carbocycles. The first-order chi connectivity index (χ1) is 8.98. The predicted octanol–water partition coefficient (Wildman–Crippen LogP) is 1.62. The van der Waals surface area contributed by atoms with Crippen molar-refractivity contribution in [1.82, 2.24) is 9.62 Å². The zero-order valence-electron chi connectivity index (χ0n) is 11.8. The maximum absolute atomic E-state index is 12.8. The Morgan fingerprint density at radius 1 is 1.32 bits per heavy atom. The summed E-state index contributed by atoms with van der Waals surface area (Å²) < 4.78 is 27.3. The number of hydrogen-bond donors (Lipinski definition) is 1. The third-order valence-electron chi connectivity index (χ3n) is 3.92. The fraction of sp³-hybridized carbons (Fsp3) is 0.571. The van der Waals surface area contributed by atoms with Crippen molar-refractivity contribution in [2.75, 3.05) is 13.1 Å². The molecule has 1 aliphatic rings. The van der Waals surface area contributed by atoms with E-state index in [1.165, 1.54) is 0 Å². The van der Waals surface area contributed by atoms with Gasteiger partial charge in [-0.15, -0.1) is 0 Å². The van der Waals surface area contributed by atoms with Crippen molar-refractivity contribution in [2.24, 2.45) is 0 Å². The van der Waals surface area contributed by atoms with E-state index in [0.29, 0.717) is 18.0 Å². The van der Waals surface area contributed by atoms with E-state index in [1.54, 1.807) is 16.4 Å². The highest BCUT2D eigenvalue weighted by atomic mass is 32.2. The Kier molecular flexibility index (Phi) is 4.28. The van der Waals surface area contributed by atoms with Gasteiger partial charge < -0.3 is 5.32 Å². The molecule has 0 aromatic heterocycles. The third-order valence-corrected chi connectivity index (χ3v) is 6.00. The monoisotopic (exact) mass is 282 g/mol. The maximum Gasteiger partial charge on any atom is 0.243 e. The van der Waals surface area contributed by atoms with Crippen LogP contribution in [-0.4, -0.2) is 37.9 Å². The average Bonchev–Trinajstić information content (AvgIpc) is 2.41. The molecule has 2 rings (SSSR count). The lowest BCUT2D eigenvalue weighted by atomic mass is 10.1. The molecule has 1 aromatic rings. The Morgan fingerprint density at radius 3 is 2.68 bits per heavy atom. The number of benzene rings is 1. The van der Waals surface area contributed by atoms with Gasteiger partial charge in [-0.3, -0.25) is 0 Å². The third kappa shape index (κ3) is 2.68. The zero-order valence-corrected chi connectivity index (χ0v) is 12.6. The van der Waals surface area contributed by atoms with Gasteiger partial charge >= 0.3 is 0 Å². The summed E-state index contributed by atoms with van der Waals surface area (Å²) in [4.78, 5) is 0.457. The van der Waals surface area contributed by atoms with Crippen LogP contribution in [0.5, 0.6) is 0 Å². The van der Waals surface area contributed by atoms with Gasteiger partial charge in [0, 0.05) is 25.2 Å². The van der Waals surface area contributed by atoms with Gasteiger partial charge in [0.25, 0.3) is 0 Å². The van der Waals surface area contributed by atoms with Crippen LogP contribution in [0.15, 0.2) is 29.2 Å². The van der Waals surface area contributed by atoms with E-state index in [2.05, 4.69) is 5.32 Å². The largest absolute Gasteiger partial charge is 0.311 e. The van der Waals surface area contributed by atoms with Crippen LogP contribution in [0.2, 0.25) is 0 Å². The molecular weight excluding hydrogens is 260 g/mol. The lowest BCUT2D eigenvalue weighted by Crippen LogP contribution is -2.57. The first-order valence-corrected chi connectivity index (χ1v) is 8.25. The van der Waals surface area contributed by atoms with E-state index in [0.717, 1.165) is 12.0 Å². The summed E-state index contributed by atoms with van der Waals surface area (Å²) in [5.74, 6) is 0. The Bertz CT molecular complexity index is 542. The minimum absolute atomic E-state index is 0.0244. The highest BCUT2D eigenvalue weighted by Crippen LogP contribution is 2.24. The topological polar surface area (TPSA) is 49.4 Å². The van der Waals surface area contributed by atoms with Crippen LogP contribution in [0.1, 0.15) is 26.3 Å². The van der Waals surface area contributed by atoms with Crippen LogP contribution in [0.4, 0.5) is 0 Å². The van der Waals surface area contributed by atoms with Crippen LogP contribution in [-0.2, 0) is 16.4 Å². The molecule has 0 amide bonds. The Balaban J connectivity index is 2.42. The predicted molar refractivity (Wildman–Crippen MR) is 76.6 cm³/mol. The molecule has 0 bridgehead atoms. The normalized spacial score (nSPS) is 25.4. The van der Waals surface area contributed by atoms with E-state index >= 15 is 0 Å². The molecule has 0 radical (unpaired) electrons. The van der Waals surface area contributed by atoms with E-state index in [1.807, 2.05) is 32.9 Å². The molecule has 0 spiro atoms. The zero-order chi connectivity index (χ0) is 14.0. The molecule has 1 fully saturated rings. The summed E-state index contributed by atoms with van der Waals surface area (Å²) in [6, 6.07) is 7.45. The molecule has 2 atom stereocenters. The van der Waals surface area contributed by atoms with Crippen molar-refractivity contribution in [3.05, 3.63) is 29.8 Å². The number of sulfonamides is 1. The highest BCUT2D eigenvalue weighted by Gasteiger charge is 2.35. The second-order valence-electron chi connectivity index (χ2n) is 5.06. The van der Waals surface area contributed by atoms with Crippen molar-refractivity contribution in [3.8, 4) is 0 Å². The van der Waals surface area contributed by atoms with Gasteiger partial charge in [-0.1, -0.05) is 25.1 Å². The summed E-state index contributed by atoms with van der Waals surface area (Å²) in [5.41, 5.74) is 0.890. The molecule has 1 heterocycles. The number of nitrogens with one attached hydrogen (secondary N) is 1. The molecule has 1 aliphatic heterocycles. The fourth-order valence-electron chi connectivity index (χ4n) is 2.54. The van der Waals surface area contributed by atoms with Gasteiger partial charge in [0.1, 0.15) is 0 Å². The number of piperazine rings is 1. The molecule has 2 unspecified atom stereocenters. The Hall–Kier alpha value is -0.910. The first kappa shape index (κ1) is 14.5. The molecule has 0 saturated carbocycles. The minimum atomic E-state index is -3.39. The van der Waals surface area contributed by atoms with Crippen LogP contribution in [0.3, 0.4) is 0 Å². The molecule has 1 saturated heterocycles. The molecule has 0 aliphatic carbocycles. The molecule has 106 valence electrons.